The monoisotopic (exact) mass is 471 g/mol. The number of aryl methyl sites for hydroxylation is 2. The zero-order valence-corrected chi connectivity index (χ0v) is 21.0. The van der Waals surface area contributed by atoms with Gasteiger partial charge in [-0.2, -0.15) is 0 Å². The van der Waals surface area contributed by atoms with E-state index in [2.05, 4.69) is 9.97 Å². The molecule has 0 fully saturated rings. The fourth-order valence-electron chi connectivity index (χ4n) is 3.37. The van der Waals surface area contributed by atoms with Gasteiger partial charge in [0.25, 0.3) is 0 Å². The molecule has 0 unspecified atom stereocenters. The van der Waals surface area contributed by atoms with Crippen molar-refractivity contribution in [1.29, 1.82) is 0 Å². The van der Waals surface area contributed by atoms with Crippen LogP contribution in [0.2, 0.25) is 0 Å². The number of thioether (sulfide) groups is 1. The summed E-state index contributed by atoms with van der Waals surface area (Å²) in [6.45, 7) is 12.5. The van der Waals surface area contributed by atoms with Crippen LogP contribution in [0.15, 0.2) is 35.4 Å². The van der Waals surface area contributed by atoms with E-state index in [1.54, 1.807) is 6.92 Å². The van der Waals surface area contributed by atoms with Crippen LogP contribution in [0.1, 0.15) is 54.3 Å². The number of fused-ring (bicyclic) bond motifs is 1. The van der Waals surface area contributed by atoms with E-state index in [0.717, 1.165) is 26.4 Å². The summed E-state index contributed by atoms with van der Waals surface area (Å²) in [5.74, 6) is 0.550. The van der Waals surface area contributed by atoms with Gasteiger partial charge in [-0.15, -0.1) is 11.3 Å². The first-order chi connectivity index (χ1) is 15.1. The summed E-state index contributed by atoms with van der Waals surface area (Å²) in [7, 11) is 0. The molecule has 8 heteroatoms. The molecule has 0 spiro atoms. The first kappa shape index (κ1) is 24.2. The van der Waals surface area contributed by atoms with Gasteiger partial charge in [0, 0.05) is 17.5 Å². The third kappa shape index (κ3) is 5.48. The Balaban J connectivity index is 1.86. The molecule has 3 rings (SSSR count). The lowest BCUT2D eigenvalue weighted by atomic mass is 10.0. The Morgan fingerprint density at radius 3 is 2.44 bits per heavy atom. The molecule has 170 valence electrons. The third-order valence-corrected chi connectivity index (χ3v) is 7.08. The predicted octanol–water partition coefficient (Wildman–Crippen LogP) is 5.40. The van der Waals surface area contributed by atoms with Gasteiger partial charge >= 0.3 is 5.97 Å². The molecule has 0 aliphatic rings. The van der Waals surface area contributed by atoms with Crippen LogP contribution in [-0.2, 0) is 16.1 Å². The van der Waals surface area contributed by atoms with Gasteiger partial charge in [0.15, 0.2) is 0 Å². The lowest BCUT2D eigenvalue weighted by molar-refractivity contribution is -0.133. The molecule has 0 aliphatic carbocycles. The fraction of sp³-hybridized carbons (Fsp3) is 0.417. The normalized spacial score (nSPS) is 11.6. The van der Waals surface area contributed by atoms with Crippen molar-refractivity contribution in [3.8, 4) is 0 Å². The Labute approximate surface area is 197 Å². The van der Waals surface area contributed by atoms with E-state index in [-0.39, 0.29) is 23.2 Å². The van der Waals surface area contributed by atoms with Crippen LogP contribution >= 0.6 is 23.1 Å². The van der Waals surface area contributed by atoms with Crippen molar-refractivity contribution >= 4 is 45.2 Å². The zero-order valence-electron chi connectivity index (χ0n) is 19.4. The summed E-state index contributed by atoms with van der Waals surface area (Å²) >= 11 is 2.70. The second-order valence-corrected chi connectivity index (χ2v) is 10.4. The minimum Gasteiger partial charge on any atom is -0.462 e. The molecule has 0 aliphatic heterocycles. The lowest BCUT2D eigenvalue weighted by Crippen LogP contribution is -2.45. The number of hydrogen-bond donors (Lipinski definition) is 0. The molecule has 0 bridgehead atoms. The largest absolute Gasteiger partial charge is 0.462 e. The summed E-state index contributed by atoms with van der Waals surface area (Å²) in [4.78, 5) is 37.9. The number of aromatic nitrogens is 2. The second-order valence-electron chi connectivity index (χ2n) is 8.46. The molecule has 32 heavy (non-hydrogen) atoms. The van der Waals surface area contributed by atoms with E-state index in [1.165, 1.54) is 23.1 Å². The van der Waals surface area contributed by atoms with E-state index >= 15 is 0 Å². The molecule has 1 aromatic carbocycles. The first-order valence-corrected chi connectivity index (χ1v) is 12.3. The molecule has 6 nitrogen and oxygen atoms in total. The number of esters is 1. The highest BCUT2D eigenvalue weighted by atomic mass is 32.2. The van der Waals surface area contributed by atoms with Crippen molar-refractivity contribution in [2.75, 3.05) is 12.4 Å². The topological polar surface area (TPSA) is 72.4 Å². The summed E-state index contributed by atoms with van der Waals surface area (Å²) in [5, 5.41) is 1.55. The second kappa shape index (κ2) is 10.0. The van der Waals surface area contributed by atoms with Crippen molar-refractivity contribution in [2.24, 2.45) is 0 Å². The van der Waals surface area contributed by atoms with E-state index < -0.39 is 0 Å². The number of ether oxygens (including phenoxy) is 1. The molecule has 0 saturated carbocycles. The highest BCUT2D eigenvalue weighted by molar-refractivity contribution is 8.00. The van der Waals surface area contributed by atoms with Gasteiger partial charge in [-0.05, 0) is 52.7 Å². The van der Waals surface area contributed by atoms with Crippen molar-refractivity contribution in [3.05, 3.63) is 52.2 Å². The van der Waals surface area contributed by atoms with Crippen molar-refractivity contribution < 1.29 is 14.3 Å². The minimum absolute atomic E-state index is 0.0364. The Hall–Kier alpha value is -2.45. The fourth-order valence-corrected chi connectivity index (χ4v) is 5.56. The Bertz CT molecular complexity index is 1120. The van der Waals surface area contributed by atoms with E-state index in [0.29, 0.717) is 23.9 Å². The average Bonchev–Trinajstić information content (AvgIpc) is 3.06. The zero-order chi connectivity index (χ0) is 23.5. The number of thiophene rings is 1. The molecule has 0 atom stereocenters. The van der Waals surface area contributed by atoms with Crippen molar-refractivity contribution in [1.82, 2.24) is 14.9 Å². The van der Waals surface area contributed by atoms with Crippen molar-refractivity contribution in [3.63, 3.8) is 0 Å². The van der Waals surface area contributed by atoms with Crippen LogP contribution in [0.4, 0.5) is 0 Å². The number of rotatable bonds is 7. The minimum atomic E-state index is -0.348. The molecule has 2 heterocycles. The van der Waals surface area contributed by atoms with Crippen molar-refractivity contribution in [2.45, 2.75) is 58.7 Å². The molecule has 3 aromatic rings. The molecule has 1 amide bonds. The number of nitrogens with zero attached hydrogens (tertiary/aromatic N) is 3. The lowest BCUT2D eigenvalue weighted by Gasteiger charge is -2.36. The smallest absolute Gasteiger partial charge is 0.348 e. The van der Waals surface area contributed by atoms with Gasteiger partial charge in [0.05, 0.1) is 12.4 Å². The molecular weight excluding hydrogens is 442 g/mol. The standard InChI is InChI=1S/C24H29N3O3S2/c1-7-30-23(29)20-15(2)19-21(25-16(3)26-22(19)32-20)31-14-18(28)27(24(4,5)6)13-17-11-9-8-10-12-17/h8-12H,7,13-14H2,1-6H3. The van der Waals surface area contributed by atoms with Gasteiger partial charge < -0.3 is 9.64 Å². The van der Waals surface area contributed by atoms with Crippen LogP contribution < -0.4 is 0 Å². The molecule has 0 N–H and O–H groups in total. The maximum atomic E-state index is 13.3. The molecular formula is C24H29N3O3S2. The molecule has 0 saturated heterocycles. The van der Waals surface area contributed by atoms with Gasteiger partial charge in [0.1, 0.15) is 20.6 Å². The third-order valence-electron chi connectivity index (χ3n) is 4.96. The van der Waals surface area contributed by atoms with E-state index in [9.17, 15) is 9.59 Å². The highest BCUT2D eigenvalue weighted by Crippen LogP contribution is 2.36. The molecule has 0 radical (unpaired) electrons. The summed E-state index contributed by atoms with van der Waals surface area (Å²) in [5.41, 5.74) is 1.57. The van der Waals surface area contributed by atoms with Crippen LogP contribution in [0, 0.1) is 13.8 Å². The number of carbonyl (C=O) groups excluding carboxylic acids is 2. The Morgan fingerprint density at radius 2 is 1.81 bits per heavy atom. The van der Waals surface area contributed by atoms with Crippen LogP contribution in [0.25, 0.3) is 10.2 Å². The van der Waals surface area contributed by atoms with Gasteiger partial charge in [-0.1, -0.05) is 42.1 Å². The Kier molecular flexibility index (Phi) is 7.56. The van der Waals surface area contributed by atoms with Crippen LogP contribution in [0.3, 0.4) is 0 Å². The van der Waals surface area contributed by atoms with E-state index in [4.69, 9.17) is 4.74 Å². The highest BCUT2D eigenvalue weighted by Gasteiger charge is 2.27. The first-order valence-electron chi connectivity index (χ1n) is 10.5. The maximum absolute atomic E-state index is 13.3. The summed E-state index contributed by atoms with van der Waals surface area (Å²) < 4.78 is 5.19. The van der Waals surface area contributed by atoms with Gasteiger partial charge in [-0.3, -0.25) is 4.79 Å². The Morgan fingerprint density at radius 1 is 1.12 bits per heavy atom. The maximum Gasteiger partial charge on any atom is 0.348 e. The number of amides is 1. The average molecular weight is 472 g/mol. The van der Waals surface area contributed by atoms with Crippen LogP contribution in [0.5, 0.6) is 0 Å². The number of benzene rings is 1. The SMILES string of the molecule is CCOC(=O)c1sc2nc(C)nc(SCC(=O)N(Cc3ccccc3)C(C)(C)C)c2c1C. The predicted molar refractivity (Wildman–Crippen MR) is 130 cm³/mol. The summed E-state index contributed by atoms with van der Waals surface area (Å²) in [6.07, 6.45) is 0. The van der Waals surface area contributed by atoms with E-state index in [1.807, 2.05) is 69.9 Å². The van der Waals surface area contributed by atoms with Gasteiger partial charge in [-0.25, -0.2) is 14.8 Å². The van der Waals surface area contributed by atoms with Crippen LogP contribution in [-0.4, -0.2) is 44.6 Å². The number of hydrogen-bond acceptors (Lipinski definition) is 7. The number of carbonyl (C=O) groups is 2. The molecule has 2 aromatic heterocycles. The quantitative estimate of drug-likeness (QED) is 0.261. The van der Waals surface area contributed by atoms with Gasteiger partial charge in [0.2, 0.25) is 5.91 Å². The summed E-state index contributed by atoms with van der Waals surface area (Å²) in [6, 6.07) is 10.00.